The number of carbonyl (C=O) groups is 1. The molecule has 5 aliphatic carbocycles. The summed E-state index contributed by atoms with van der Waals surface area (Å²) in [5, 5.41) is 31.6. The molecule has 0 aromatic carbocycles. The number of fused-ring (bicyclic) bond motifs is 7. The van der Waals surface area contributed by atoms with Crippen molar-refractivity contribution in [1.29, 1.82) is 0 Å². The van der Waals surface area contributed by atoms with Gasteiger partial charge >= 0.3 is 0 Å². The molecule has 6 heteroatoms. The summed E-state index contributed by atoms with van der Waals surface area (Å²) in [4.78, 5) is 12.4. The molecule has 1 heterocycles. The first kappa shape index (κ1) is 30.6. The van der Waals surface area contributed by atoms with Gasteiger partial charge in [0.1, 0.15) is 5.76 Å². The van der Waals surface area contributed by atoms with Crippen molar-refractivity contribution in [2.75, 3.05) is 6.61 Å². The predicted octanol–water partition coefficient (Wildman–Crippen LogP) is 7.24. The fourth-order valence-electron chi connectivity index (χ4n) is 11.9. The number of rotatable bonds is 3. The molecule has 3 N–H and O–H groups in total. The Morgan fingerprint density at radius 3 is 2.33 bits per heavy atom. The minimum absolute atomic E-state index is 0.0357. The second-order valence-electron chi connectivity index (χ2n) is 17.3. The number of ketones is 1. The number of Topliss-reactive ketones (excluding diaryl/α,β-unsaturated/α-hetero) is 1. The van der Waals surface area contributed by atoms with Gasteiger partial charge in [0.25, 0.3) is 0 Å². The van der Waals surface area contributed by atoms with Gasteiger partial charge in [0, 0.05) is 10.8 Å². The molecule has 0 aromatic heterocycles. The van der Waals surface area contributed by atoms with E-state index in [2.05, 4.69) is 54.5 Å². The maximum atomic E-state index is 12.4. The van der Waals surface area contributed by atoms with E-state index in [1.807, 2.05) is 0 Å². The van der Waals surface area contributed by atoms with Gasteiger partial charge in [0.2, 0.25) is 12.1 Å². The lowest BCUT2D eigenvalue weighted by Gasteiger charge is -2.71. The highest BCUT2D eigenvalue weighted by atomic mass is 16.7. The number of allylic oxidation sites excluding steroid dienone is 4. The Labute approximate surface area is 253 Å². The number of aliphatic hydroxyl groups is 3. The molecule has 11 atom stereocenters. The molecular weight excluding hydrogens is 528 g/mol. The van der Waals surface area contributed by atoms with Gasteiger partial charge in [-0.25, -0.2) is 0 Å². The van der Waals surface area contributed by atoms with Crippen LogP contribution in [0.3, 0.4) is 0 Å². The van der Waals surface area contributed by atoms with Crippen LogP contribution in [0.5, 0.6) is 0 Å². The van der Waals surface area contributed by atoms with E-state index in [0.717, 1.165) is 57.8 Å². The van der Waals surface area contributed by atoms with Gasteiger partial charge in [0.15, 0.2) is 5.76 Å². The molecule has 4 saturated carbocycles. The van der Waals surface area contributed by atoms with Crippen molar-refractivity contribution in [3.63, 3.8) is 0 Å². The van der Waals surface area contributed by atoms with Gasteiger partial charge in [-0.3, -0.25) is 4.79 Å². The highest BCUT2D eigenvalue weighted by molar-refractivity contribution is 5.94. The van der Waals surface area contributed by atoms with Gasteiger partial charge in [-0.2, -0.15) is 0 Å². The fourth-order valence-corrected chi connectivity index (χ4v) is 11.9. The summed E-state index contributed by atoms with van der Waals surface area (Å²) in [7, 11) is 0. The molecule has 0 aromatic rings. The summed E-state index contributed by atoms with van der Waals surface area (Å²) >= 11 is 0. The highest BCUT2D eigenvalue weighted by Crippen LogP contribution is 2.75. The van der Waals surface area contributed by atoms with Crippen LogP contribution < -0.4 is 0 Å². The van der Waals surface area contributed by atoms with Gasteiger partial charge in [-0.15, -0.1) is 0 Å². The summed E-state index contributed by atoms with van der Waals surface area (Å²) in [6.07, 6.45) is 10.9. The zero-order chi connectivity index (χ0) is 30.7. The third kappa shape index (κ3) is 4.02. The van der Waals surface area contributed by atoms with Crippen LogP contribution in [-0.2, 0) is 14.3 Å². The van der Waals surface area contributed by atoms with Crippen molar-refractivity contribution >= 4 is 5.78 Å². The summed E-state index contributed by atoms with van der Waals surface area (Å²) in [5.74, 6) is 0.922. The van der Waals surface area contributed by atoms with E-state index in [0.29, 0.717) is 17.8 Å². The SMILES string of the molecule is CC1=C(O)C(=O)CC(OC2CC(C)(C)CC3C4=CCC5[C@@]6(C)CCC(O)[C@](C)(CO)C6CC[C@@]5(C)[C@]4(C)CC[C@@]23C)O1. The van der Waals surface area contributed by atoms with Crippen LogP contribution in [0.4, 0.5) is 0 Å². The number of hydrogen-bond donors (Lipinski definition) is 3. The molecule has 236 valence electrons. The van der Waals surface area contributed by atoms with Crippen molar-refractivity contribution < 1.29 is 29.6 Å². The van der Waals surface area contributed by atoms with E-state index in [9.17, 15) is 20.1 Å². The van der Waals surface area contributed by atoms with Crippen LogP contribution in [-0.4, -0.2) is 46.2 Å². The van der Waals surface area contributed by atoms with E-state index in [1.165, 1.54) is 0 Å². The highest BCUT2D eigenvalue weighted by Gasteiger charge is 2.69. The normalized spacial score (nSPS) is 51.9. The first-order chi connectivity index (χ1) is 19.4. The Kier molecular flexibility index (Phi) is 6.98. The Morgan fingerprint density at radius 1 is 0.952 bits per heavy atom. The van der Waals surface area contributed by atoms with Crippen molar-refractivity contribution in [2.24, 2.45) is 50.2 Å². The molecule has 6 aliphatic rings. The van der Waals surface area contributed by atoms with Gasteiger partial charge < -0.3 is 24.8 Å². The minimum atomic E-state index is -0.655. The van der Waals surface area contributed by atoms with Crippen LogP contribution in [0.1, 0.15) is 120 Å². The Morgan fingerprint density at radius 2 is 1.67 bits per heavy atom. The summed E-state index contributed by atoms with van der Waals surface area (Å²) < 4.78 is 12.7. The maximum absolute atomic E-state index is 12.4. The zero-order valence-corrected chi connectivity index (χ0v) is 27.4. The van der Waals surface area contributed by atoms with Gasteiger partial charge in [0.05, 0.1) is 25.2 Å². The Balaban J connectivity index is 1.35. The average Bonchev–Trinajstić information content (AvgIpc) is 2.91. The molecule has 6 unspecified atom stereocenters. The number of aliphatic hydroxyl groups excluding tert-OH is 3. The fraction of sp³-hybridized carbons (Fsp3) is 0.861. The molecule has 4 fully saturated rings. The summed E-state index contributed by atoms with van der Waals surface area (Å²) in [6.45, 7) is 18.6. The Hall–Kier alpha value is -1.37. The first-order valence-corrected chi connectivity index (χ1v) is 16.7. The van der Waals surface area contributed by atoms with Crippen LogP contribution in [0, 0.1) is 50.2 Å². The van der Waals surface area contributed by atoms with Crippen molar-refractivity contribution in [3.05, 3.63) is 23.2 Å². The molecular formula is C36H56O6. The van der Waals surface area contributed by atoms with Crippen molar-refractivity contribution in [2.45, 2.75) is 138 Å². The van der Waals surface area contributed by atoms with Crippen LogP contribution in [0.2, 0.25) is 0 Å². The standard InChI is InChI=1S/C36H56O6/c1-21-30(40)24(38)17-29(41-21)42-28-19-31(2,3)18-23-22-9-10-26-33(5)13-12-27(39)34(6,20-37)25(33)11-14-36(26,8)35(22,7)16-15-32(23,28)4/h9,23,25-29,37,39-40H,10-20H2,1-8H3/t23?,25?,26?,27?,28?,29?,32-,33+,34-,35-,36-/m1/s1. The molecule has 0 spiro atoms. The number of hydrogen-bond acceptors (Lipinski definition) is 6. The molecule has 42 heavy (non-hydrogen) atoms. The smallest absolute Gasteiger partial charge is 0.207 e. The lowest BCUT2D eigenvalue weighted by Crippen LogP contribution is -2.66. The molecule has 6 nitrogen and oxygen atoms in total. The largest absolute Gasteiger partial charge is 0.502 e. The van der Waals surface area contributed by atoms with Gasteiger partial charge in [-0.05, 0) is 104 Å². The molecule has 0 saturated heterocycles. The second kappa shape index (κ2) is 9.57. The quantitative estimate of drug-likeness (QED) is 0.303. The summed E-state index contributed by atoms with van der Waals surface area (Å²) in [6, 6.07) is 0. The third-order valence-corrected chi connectivity index (χ3v) is 14.8. The first-order valence-electron chi connectivity index (χ1n) is 16.7. The maximum Gasteiger partial charge on any atom is 0.207 e. The van der Waals surface area contributed by atoms with Crippen molar-refractivity contribution in [1.82, 2.24) is 0 Å². The predicted molar refractivity (Wildman–Crippen MR) is 162 cm³/mol. The molecule has 0 amide bonds. The van der Waals surface area contributed by atoms with Gasteiger partial charge in [-0.1, -0.05) is 60.1 Å². The molecule has 6 rings (SSSR count). The second-order valence-corrected chi connectivity index (χ2v) is 17.3. The average molecular weight is 585 g/mol. The van der Waals surface area contributed by atoms with Crippen LogP contribution in [0.15, 0.2) is 23.2 Å². The Bertz CT molecular complexity index is 1200. The topological polar surface area (TPSA) is 96.2 Å². The number of carbonyl (C=O) groups excluding carboxylic acids is 1. The van der Waals surface area contributed by atoms with Crippen LogP contribution >= 0.6 is 0 Å². The summed E-state index contributed by atoms with van der Waals surface area (Å²) in [5.41, 5.74) is 1.55. The lowest BCUT2D eigenvalue weighted by atomic mass is 9.33. The van der Waals surface area contributed by atoms with Crippen molar-refractivity contribution in [3.8, 4) is 0 Å². The minimum Gasteiger partial charge on any atom is -0.502 e. The van der Waals surface area contributed by atoms with E-state index in [4.69, 9.17) is 9.47 Å². The van der Waals surface area contributed by atoms with E-state index in [1.54, 1.807) is 12.5 Å². The van der Waals surface area contributed by atoms with E-state index < -0.39 is 17.8 Å². The monoisotopic (exact) mass is 584 g/mol. The third-order valence-electron chi connectivity index (χ3n) is 14.8. The van der Waals surface area contributed by atoms with E-state index in [-0.39, 0.29) is 63.5 Å². The lowest BCUT2D eigenvalue weighted by molar-refractivity contribution is -0.237. The number of ether oxygens (including phenoxy) is 2. The van der Waals surface area contributed by atoms with Crippen LogP contribution in [0.25, 0.3) is 0 Å². The molecule has 0 bridgehead atoms. The van der Waals surface area contributed by atoms with E-state index >= 15 is 0 Å². The zero-order valence-electron chi connectivity index (χ0n) is 27.4. The molecule has 0 radical (unpaired) electrons. The molecule has 1 aliphatic heterocycles.